The van der Waals surface area contributed by atoms with Gasteiger partial charge in [0.25, 0.3) is 0 Å². The summed E-state index contributed by atoms with van der Waals surface area (Å²) in [7, 11) is 4.43. The molecule has 6 N–H and O–H groups in total. The Morgan fingerprint density at radius 1 is 0.333 bits per heavy atom. The van der Waals surface area contributed by atoms with E-state index in [-0.39, 0.29) is 31.0 Å². The van der Waals surface area contributed by atoms with Crippen LogP contribution in [0.5, 0.6) is 0 Å². The standard InChI is InChI=1S/2C14H20N4.2C14H19N3O.2C13H19N.2C13H18/c1-11(2)14(12-6-4-3-5-7-12)13-10-18(9-8-15)17-16-13;1-11(2)14(12-6-4-3-5-7-12)13-10-16-17-18(13)9-8-15;1-11(2)14(12-6-4-3-5-7-12)13-10-17(8-9-18)16-15-13;1-11(2)14(12-6-4-3-5-7-12)13-10-15-16-17(13)8-9-18;2*1-10(2)13-9-14(3)8-11-6-4-5-7-12(11)13;2*1-10(2)12-9-5-7-11-6-3-4-8-13(11)12/h2*3-7,10-11,14H,8-9,15H2,1-2H3;2*3-7,10-11,14,18H,8-9H2,1-2H3;2*4-7,10,13H,8-9H2,1-3H3;2*3-4,6,8,10,12H,5,7,9H2,1-2H3/t4*14-;2*13-;2*12-/m00001111/s1. The predicted molar refractivity (Wildman–Crippen MR) is 519 cm³/mol. The number of likely N-dealkylation sites (N-methyl/N-ethyl adjacent to an activating group) is 2. The van der Waals surface area contributed by atoms with Gasteiger partial charge in [-0.2, -0.15) is 0 Å². The van der Waals surface area contributed by atoms with Gasteiger partial charge in [-0.3, -0.25) is 4.68 Å². The zero-order chi connectivity index (χ0) is 90.6. The van der Waals surface area contributed by atoms with E-state index in [0.29, 0.717) is 80.7 Å². The van der Waals surface area contributed by atoms with E-state index in [0.717, 1.165) is 71.4 Å². The van der Waals surface area contributed by atoms with Crippen molar-refractivity contribution in [1.29, 1.82) is 0 Å². The Labute approximate surface area is 756 Å². The van der Waals surface area contributed by atoms with E-state index in [1.807, 2.05) is 76.5 Å². The molecule has 6 heterocycles. The van der Waals surface area contributed by atoms with E-state index in [9.17, 15) is 0 Å². The number of aromatic nitrogens is 12. The number of nitrogens with zero attached hydrogens (tertiary/aromatic N) is 14. The molecule has 16 rings (SSSR count). The maximum Gasteiger partial charge on any atom is 0.0904 e. The monoisotopic (exact) mass is 1710 g/mol. The first-order valence-electron chi connectivity index (χ1n) is 46.9. The van der Waals surface area contributed by atoms with Crippen LogP contribution in [-0.2, 0) is 52.1 Å². The lowest BCUT2D eigenvalue weighted by Crippen LogP contribution is -2.32. The van der Waals surface area contributed by atoms with Crippen molar-refractivity contribution in [2.45, 2.75) is 236 Å². The number of hydrogen-bond acceptors (Lipinski definition) is 14. The molecule has 0 saturated carbocycles. The van der Waals surface area contributed by atoms with E-state index in [2.05, 4.69) is 346 Å². The van der Waals surface area contributed by atoms with E-state index < -0.39 is 0 Å². The highest BCUT2D eigenvalue weighted by molar-refractivity contribution is 5.38. The average Bonchev–Trinajstić information content (AvgIpc) is 1.62. The van der Waals surface area contributed by atoms with E-state index >= 15 is 0 Å². The zero-order valence-corrected chi connectivity index (χ0v) is 79.4. The molecule has 2 aliphatic heterocycles. The SMILES string of the molecule is CC(C)[C@@H](c1ccccc1)c1cn(CCN)nn1.CC(C)[C@@H](c1ccccc1)c1cn(CCO)nn1.CC(C)[C@@H](c1ccccc1)c1cnnn1CCN.CC(C)[C@@H](c1ccccc1)c1cnnn1CCO.CC(C)[C@H]1CCCc2ccccc21.CC(C)[C@H]1CCCc2ccccc21.CC(C)[C@H]1CN(C)Cc2ccccc21.CC(C)[C@H]1CN(C)Cc2ccccc21. The summed E-state index contributed by atoms with van der Waals surface area (Å²) >= 11 is 0. The number of aryl methyl sites for hydroxylation is 2. The first kappa shape index (κ1) is 99.9. The molecule has 126 heavy (non-hydrogen) atoms. The first-order chi connectivity index (χ1) is 60.9. The summed E-state index contributed by atoms with van der Waals surface area (Å²) in [6.45, 7) is 44.6. The van der Waals surface area contributed by atoms with Crippen LogP contribution in [0.15, 0.2) is 243 Å². The average molecular weight is 1710 g/mol. The highest BCUT2D eigenvalue weighted by Crippen LogP contribution is 2.41. The highest BCUT2D eigenvalue weighted by atomic mass is 16.3. The van der Waals surface area contributed by atoms with Gasteiger partial charge in [0.1, 0.15) is 0 Å². The maximum atomic E-state index is 9.06. The van der Waals surface area contributed by atoms with Crippen LogP contribution in [0.4, 0.5) is 0 Å². The van der Waals surface area contributed by atoms with Crippen molar-refractivity contribution in [3.63, 3.8) is 0 Å². The lowest BCUT2D eigenvalue weighted by atomic mass is 9.77. The Balaban J connectivity index is 0.000000163. The fraction of sp³-hybridized carbons (Fsp3) is 0.481. The molecule has 0 fully saturated rings. The normalized spacial score (nSPS) is 16.8. The highest BCUT2D eigenvalue weighted by Gasteiger charge is 2.30. The predicted octanol–water partition coefficient (Wildman–Crippen LogP) is 21.4. The van der Waals surface area contributed by atoms with Crippen LogP contribution in [0, 0.1) is 47.3 Å². The van der Waals surface area contributed by atoms with Crippen molar-refractivity contribution in [2.24, 2.45) is 58.8 Å². The second-order valence-electron chi connectivity index (χ2n) is 37.5. The summed E-state index contributed by atoms with van der Waals surface area (Å²) in [5, 5.41) is 50.8. The summed E-state index contributed by atoms with van der Waals surface area (Å²) in [5.74, 6) is 9.08. The minimum atomic E-state index is 0.0793. The molecule has 0 radical (unpaired) electrons. The van der Waals surface area contributed by atoms with Crippen LogP contribution in [-0.4, -0.2) is 133 Å². The third-order valence-electron chi connectivity index (χ3n) is 25.2. The lowest BCUT2D eigenvalue weighted by Gasteiger charge is -2.34. The summed E-state index contributed by atoms with van der Waals surface area (Å²) in [4.78, 5) is 4.85. The van der Waals surface area contributed by atoms with Crippen molar-refractivity contribution >= 4 is 0 Å². The Hall–Kier alpha value is -9.92. The second kappa shape index (κ2) is 51.8. The Morgan fingerprint density at radius 2 is 0.627 bits per heavy atom. The summed E-state index contributed by atoms with van der Waals surface area (Å²) in [5.41, 5.74) is 33.0. The van der Waals surface area contributed by atoms with Crippen LogP contribution >= 0.6 is 0 Å². The maximum absolute atomic E-state index is 9.06. The topological polar surface area (TPSA) is 222 Å². The van der Waals surface area contributed by atoms with Gasteiger partial charge < -0.3 is 31.5 Å². The van der Waals surface area contributed by atoms with Gasteiger partial charge in [0.2, 0.25) is 0 Å². The van der Waals surface area contributed by atoms with Gasteiger partial charge in [-0.1, -0.05) is 350 Å². The molecule has 0 saturated heterocycles. The minimum absolute atomic E-state index is 0.0793. The summed E-state index contributed by atoms with van der Waals surface area (Å²) < 4.78 is 7.20. The smallest absolute Gasteiger partial charge is 0.0904 e. The largest absolute Gasteiger partial charge is 0.394 e. The van der Waals surface area contributed by atoms with Gasteiger partial charge >= 0.3 is 0 Å². The van der Waals surface area contributed by atoms with Crippen molar-refractivity contribution in [1.82, 2.24) is 69.8 Å². The molecule has 4 aromatic heterocycles. The number of hydrogen-bond donors (Lipinski definition) is 4. The van der Waals surface area contributed by atoms with Gasteiger partial charge in [0.05, 0.1) is 74.6 Å². The number of aliphatic hydroxyl groups excluding tert-OH is 2. The van der Waals surface area contributed by atoms with Crippen LogP contribution < -0.4 is 11.5 Å². The van der Waals surface area contributed by atoms with Crippen LogP contribution in [0.3, 0.4) is 0 Å². The summed E-state index contributed by atoms with van der Waals surface area (Å²) in [6.07, 6.45) is 15.7. The molecule has 4 aliphatic rings. The lowest BCUT2D eigenvalue weighted by molar-refractivity contribution is 0.253. The number of rotatable bonds is 24. The fourth-order valence-electron chi connectivity index (χ4n) is 18.9. The molecule has 0 bridgehead atoms. The van der Waals surface area contributed by atoms with Gasteiger partial charge in [0.15, 0.2) is 0 Å². The Kier molecular flexibility index (Phi) is 41.0. The van der Waals surface area contributed by atoms with Crippen molar-refractivity contribution in [2.75, 3.05) is 53.5 Å². The Morgan fingerprint density at radius 3 is 0.944 bits per heavy atom. The third-order valence-corrected chi connectivity index (χ3v) is 25.2. The third kappa shape index (κ3) is 29.1. The molecule has 18 heteroatoms. The molecule has 18 nitrogen and oxygen atoms in total. The number of benzene rings is 8. The van der Waals surface area contributed by atoms with Crippen molar-refractivity contribution in [3.8, 4) is 0 Å². The van der Waals surface area contributed by atoms with Crippen LogP contribution in [0.1, 0.15) is 273 Å². The molecular weight excluding hydrogens is 1550 g/mol. The fourth-order valence-corrected chi connectivity index (χ4v) is 18.9. The van der Waals surface area contributed by atoms with E-state index in [1.54, 1.807) is 48.9 Å². The number of nitrogens with two attached hydrogens (primary N) is 2. The van der Waals surface area contributed by atoms with Gasteiger partial charge in [-0.05, 0) is 190 Å². The van der Waals surface area contributed by atoms with Gasteiger partial charge in [-0.15, -0.1) is 20.4 Å². The first-order valence-corrected chi connectivity index (χ1v) is 46.9. The molecule has 0 amide bonds. The van der Waals surface area contributed by atoms with E-state index in [4.69, 9.17) is 21.7 Å². The van der Waals surface area contributed by atoms with Crippen molar-refractivity contribution in [3.05, 3.63) is 333 Å². The zero-order valence-electron chi connectivity index (χ0n) is 79.4. The molecule has 0 unspecified atom stereocenters. The number of fused-ring (bicyclic) bond motifs is 4. The number of aliphatic hydroxyl groups is 2. The van der Waals surface area contributed by atoms with Crippen molar-refractivity contribution < 1.29 is 10.2 Å². The molecule has 676 valence electrons. The summed E-state index contributed by atoms with van der Waals surface area (Å²) in [6, 6.07) is 77.3. The second-order valence-corrected chi connectivity index (χ2v) is 37.5. The van der Waals surface area contributed by atoms with E-state index in [1.165, 1.54) is 85.0 Å². The quantitative estimate of drug-likeness (QED) is 0.0442. The molecular formula is C108H152N16O2. The molecule has 8 atom stereocenters. The van der Waals surface area contributed by atoms with Gasteiger partial charge in [0, 0.05) is 75.3 Å². The Bertz CT molecular complexity index is 4660. The van der Waals surface area contributed by atoms with Gasteiger partial charge in [-0.25, -0.2) is 14.0 Å². The molecule has 8 aromatic carbocycles. The van der Waals surface area contributed by atoms with Crippen LogP contribution in [0.2, 0.25) is 0 Å². The molecule has 0 spiro atoms. The molecule has 12 aromatic rings. The minimum Gasteiger partial charge on any atom is -0.394 e. The molecule has 2 aliphatic carbocycles. The van der Waals surface area contributed by atoms with Crippen LogP contribution in [0.25, 0.3) is 0 Å².